The van der Waals surface area contributed by atoms with Crippen LogP contribution in [0.2, 0.25) is 0 Å². The summed E-state index contributed by atoms with van der Waals surface area (Å²) in [4.78, 5) is 0. The normalized spacial score (nSPS) is 10.0. The molecular formula is C9H16O. The van der Waals surface area contributed by atoms with Gasteiger partial charge in [0.05, 0.1) is 7.11 Å². The van der Waals surface area contributed by atoms with Gasteiger partial charge >= 0.3 is 0 Å². The molecule has 0 saturated carbocycles. The van der Waals surface area contributed by atoms with Gasteiger partial charge in [-0.1, -0.05) is 13.0 Å². The number of ether oxygens (including phenoxy) is 1. The van der Waals surface area contributed by atoms with Gasteiger partial charge in [-0.05, 0) is 31.9 Å². The lowest BCUT2D eigenvalue weighted by Gasteiger charge is -2.01. The first-order chi connectivity index (χ1) is 4.72. The highest BCUT2D eigenvalue weighted by Gasteiger charge is 1.89. The Morgan fingerprint density at radius 2 is 2.00 bits per heavy atom. The molecule has 0 saturated heterocycles. The molecule has 58 valence electrons. The number of allylic oxidation sites excluding steroid dienone is 3. The van der Waals surface area contributed by atoms with E-state index in [0.29, 0.717) is 0 Å². The molecule has 1 nitrogen and oxygen atoms in total. The van der Waals surface area contributed by atoms with Crippen molar-refractivity contribution in [3.8, 4) is 0 Å². The molecule has 0 fully saturated rings. The molecule has 0 aromatic carbocycles. The van der Waals surface area contributed by atoms with E-state index in [-0.39, 0.29) is 0 Å². The van der Waals surface area contributed by atoms with Gasteiger partial charge in [-0.25, -0.2) is 0 Å². The van der Waals surface area contributed by atoms with Gasteiger partial charge in [-0.15, -0.1) is 0 Å². The zero-order valence-electron chi connectivity index (χ0n) is 7.27. The van der Waals surface area contributed by atoms with E-state index in [1.165, 1.54) is 5.57 Å². The second-order valence-corrected chi connectivity index (χ2v) is 2.38. The minimum Gasteiger partial charge on any atom is -0.497 e. The zero-order chi connectivity index (χ0) is 7.98. The second-order valence-electron chi connectivity index (χ2n) is 2.38. The molecule has 0 aliphatic rings. The van der Waals surface area contributed by atoms with Crippen molar-refractivity contribution in [3.63, 3.8) is 0 Å². The van der Waals surface area contributed by atoms with Crippen molar-refractivity contribution in [2.45, 2.75) is 27.2 Å². The largest absolute Gasteiger partial charge is 0.497 e. The number of rotatable bonds is 3. The standard InChI is InChI=1S/C9H16O/c1-5-6-7-9(10-4)8(2)3/h6-7H,5H2,1-4H3/b7-6-. The van der Waals surface area contributed by atoms with E-state index in [1.54, 1.807) is 7.11 Å². The minimum atomic E-state index is 0.974. The van der Waals surface area contributed by atoms with Crippen LogP contribution < -0.4 is 0 Å². The van der Waals surface area contributed by atoms with Gasteiger partial charge in [0.25, 0.3) is 0 Å². The highest BCUT2D eigenvalue weighted by Crippen LogP contribution is 2.05. The molecule has 0 N–H and O–H groups in total. The van der Waals surface area contributed by atoms with Crippen LogP contribution in [0.4, 0.5) is 0 Å². The Hall–Kier alpha value is -0.720. The fourth-order valence-electron chi connectivity index (χ4n) is 0.664. The van der Waals surface area contributed by atoms with Crippen LogP contribution in [0.3, 0.4) is 0 Å². The molecule has 0 aromatic heterocycles. The average molecular weight is 140 g/mol. The lowest BCUT2D eigenvalue weighted by molar-refractivity contribution is 0.302. The molecule has 0 aromatic rings. The van der Waals surface area contributed by atoms with Crippen LogP contribution in [0.1, 0.15) is 27.2 Å². The smallest absolute Gasteiger partial charge is 0.117 e. The summed E-state index contributed by atoms with van der Waals surface area (Å²) < 4.78 is 5.11. The van der Waals surface area contributed by atoms with Gasteiger partial charge < -0.3 is 4.74 Å². The molecule has 0 radical (unpaired) electrons. The summed E-state index contributed by atoms with van der Waals surface area (Å²) in [5.41, 5.74) is 1.22. The fraction of sp³-hybridized carbons (Fsp3) is 0.556. The summed E-state index contributed by atoms with van der Waals surface area (Å²) in [7, 11) is 1.70. The van der Waals surface area contributed by atoms with Crippen molar-refractivity contribution >= 4 is 0 Å². The topological polar surface area (TPSA) is 9.23 Å². The van der Waals surface area contributed by atoms with Gasteiger partial charge in [0.2, 0.25) is 0 Å². The number of methoxy groups -OCH3 is 1. The Kier molecular flexibility index (Phi) is 4.73. The van der Waals surface area contributed by atoms with Crippen LogP contribution >= 0.6 is 0 Å². The Bertz CT molecular complexity index is 139. The predicted molar refractivity (Wildman–Crippen MR) is 44.8 cm³/mol. The Morgan fingerprint density at radius 3 is 2.30 bits per heavy atom. The summed E-state index contributed by atoms with van der Waals surface area (Å²) in [6.45, 7) is 6.19. The molecule has 0 atom stereocenters. The minimum absolute atomic E-state index is 0.974. The van der Waals surface area contributed by atoms with Crippen LogP contribution in [-0.4, -0.2) is 7.11 Å². The third-order valence-electron chi connectivity index (χ3n) is 1.22. The molecule has 0 aliphatic carbocycles. The van der Waals surface area contributed by atoms with E-state index in [0.717, 1.165) is 12.2 Å². The molecule has 1 heteroatoms. The van der Waals surface area contributed by atoms with Gasteiger partial charge in [0.15, 0.2) is 0 Å². The van der Waals surface area contributed by atoms with Gasteiger partial charge in [0, 0.05) is 0 Å². The maximum absolute atomic E-state index is 5.11. The quantitative estimate of drug-likeness (QED) is 0.432. The first-order valence-corrected chi connectivity index (χ1v) is 3.60. The molecule has 0 rings (SSSR count). The van der Waals surface area contributed by atoms with Crippen LogP contribution in [0.15, 0.2) is 23.5 Å². The molecule has 0 heterocycles. The number of hydrogen-bond acceptors (Lipinski definition) is 1. The highest BCUT2D eigenvalue weighted by atomic mass is 16.5. The SMILES string of the molecule is CC/C=C\C(OC)=C(C)C. The van der Waals surface area contributed by atoms with Crippen LogP contribution in [-0.2, 0) is 4.74 Å². The van der Waals surface area contributed by atoms with Crippen LogP contribution in [0.25, 0.3) is 0 Å². The summed E-state index contributed by atoms with van der Waals surface area (Å²) >= 11 is 0. The van der Waals surface area contributed by atoms with Crippen molar-refractivity contribution in [1.82, 2.24) is 0 Å². The van der Waals surface area contributed by atoms with Crippen molar-refractivity contribution < 1.29 is 4.74 Å². The molecule has 10 heavy (non-hydrogen) atoms. The van der Waals surface area contributed by atoms with Gasteiger partial charge in [0.1, 0.15) is 5.76 Å². The van der Waals surface area contributed by atoms with Crippen molar-refractivity contribution in [1.29, 1.82) is 0 Å². The summed E-state index contributed by atoms with van der Waals surface area (Å²) in [5, 5.41) is 0. The van der Waals surface area contributed by atoms with Crippen LogP contribution in [0.5, 0.6) is 0 Å². The zero-order valence-corrected chi connectivity index (χ0v) is 7.27. The molecule has 0 bridgehead atoms. The summed E-state index contributed by atoms with van der Waals surface area (Å²) in [6, 6.07) is 0. The van der Waals surface area contributed by atoms with Crippen LogP contribution in [0, 0.1) is 0 Å². The first kappa shape index (κ1) is 9.28. The number of hydrogen-bond donors (Lipinski definition) is 0. The highest BCUT2D eigenvalue weighted by molar-refractivity contribution is 5.16. The summed E-state index contributed by atoms with van der Waals surface area (Å²) in [6.07, 6.45) is 5.15. The van der Waals surface area contributed by atoms with E-state index in [4.69, 9.17) is 4.74 Å². The molecular weight excluding hydrogens is 124 g/mol. The molecule has 0 aliphatic heterocycles. The molecule has 0 amide bonds. The van der Waals surface area contributed by atoms with E-state index in [9.17, 15) is 0 Å². The van der Waals surface area contributed by atoms with E-state index < -0.39 is 0 Å². The third kappa shape index (κ3) is 3.33. The fourth-order valence-corrected chi connectivity index (χ4v) is 0.664. The van der Waals surface area contributed by atoms with E-state index >= 15 is 0 Å². The van der Waals surface area contributed by atoms with Crippen molar-refractivity contribution in [3.05, 3.63) is 23.5 Å². The Labute approximate surface area is 63.4 Å². The Balaban J connectivity index is 4.10. The van der Waals surface area contributed by atoms with Crippen molar-refractivity contribution in [2.75, 3.05) is 7.11 Å². The first-order valence-electron chi connectivity index (χ1n) is 3.60. The van der Waals surface area contributed by atoms with Crippen molar-refractivity contribution in [2.24, 2.45) is 0 Å². The molecule has 0 unspecified atom stereocenters. The summed E-state index contributed by atoms with van der Waals surface area (Å²) in [5.74, 6) is 0.974. The molecule has 0 spiro atoms. The maximum Gasteiger partial charge on any atom is 0.117 e. The van der Waals surface area contributed by atoms with E-state index in [1.807, 2.05) is 19.9 Å². The van der Waals surface area contributed by atoms with Gasteiger partial charge in [-0.3, -0.25) is 0 Å². The lowest BCUT2D eigenvalue weighted by Crippen LogP contribution is -1.84. The maximum atomic E-state index is 5.11. The Morgan fingerprint density at radius 1 is 1.40 bits per heavy atom. The second kappa shape index (κ2) is 5.10. The van der Waals surface area contributed by atoms with Gasteiger partial charge in [-0.2, -0.15) is 0 Å². The third-order valence-corrected chi connectivity index (χ3v) is 1.22. The average Bonchev–Trinajstić information content (AvgIpc) is 1.89. The predicted octanol–water partition coefficient (Wildman–Crippen LogP) is 2.89. The lowest BCUT2D eigenvalue weighted by atomic mass is 10.2. The monoisotopic (exact) mass is 140 g/mol. The van der Waals surface area contributed by atoms with E-state index in [2.05, 4.69) is 13.0 Å².